The molecule has 1 aliphatic rings. The van der Waals surface area contributed by atoms with E-state index < -0.39 is 14.3 Å². The standard InChI is InChI=1S/C10H8Cl2N4O3S/c11-6-1-2-8-13-10(14-16(8)4-6)15-5-7(3-9(15)17)20(12,18)19/h1-2,4,7H,3,5H2. The number of halogens is 2. The number of hydrogen-bond acceptors (Lipinski definition) is 5. The van der Waals surface area contributed by atoms with Crippen LogP contribution in [0.2, 0.25) is 5.02 Å². The minimum Gasteiger partial charge on any atom is -0.278 e. The molecule has 1 amide bonds. The van der Waals surface area contributed by atoms with Gasteiger partial charge < -0.3 is 0 Å². The molecule has 0 radical (unpaired) electrons. The zero-order valence-corrected chi connectivity index (χ0v) is 12.2. The normalized spacial score (nSPS) is 20.0. The van der Waals surface area contributed by atoms with Gasteiger partial charge in [0, 0.05) is 29.8 Å². The third-order valence-electron chi connectivity index (χ3n) is 3.01. The van der Waals surface area contributed by atoms with Crippen LogP contribution in [0.15, 0.2) is 18.3 Å². The summed E-state index contributed by atoms with van der Waals surface area (Å²) in [5.74, 6) is -0.235. The maximum atomic E-state index is 11.9. The fourth-order valence-corrected chi connectivity index (χ4v) is 3.20. The number of aromatic nitrogens is 3. The van der Waals surface area contributed by atoms with E-state index in [0.29, 0.717) is 10.7 Å². The quantitative estimate of drug-likeness (QED) is 0.766. The number of carbonyl (C=O) groups is 1. The molecule has 3 heterocycles. The van der Waals surface area contributed by atoms with Crippen LogP contribution >= 0.6 is 22.3 Å². The summed E-state index contributed by atoms with van der Waals surface area (Å²) in [5.41, 5.74) is 0.509. The smallest absolute Gasteiger partial charge is 0.252 e. The fraction of sp³-hybridized carbons (Fsp3) is 0.300. The first-order valence-electron chi connectivity index (χ1n) is 5.60. The highest BCUT2D eigenvalue weighted by atomic mass is 35.7. The number of hydrogen-bond donors (Lipinski definition) is 0. The predicted molar refractivity (Wildman–Crippen MR) is 73.5 cm³/mol. The number of anilines is 1. The third kappa shape index (κ3) is 2.34. The van der Waals surface area contributed by atoms with Gasteiger partial charge in [0.25, 0.3) is 5.95 Å². The average Bonchev–Trinajstić information content (AvgIpc) is 2.90. The van der Waals surface area contributed by atoms with Gasteiger partial charge in [-0.05, 0) is 12.1 Å². The Balaban J connectivity index is 1.97. The first-order valence-corrected chi connectivity index (χ1v) is 8.35. The van der Waals surface area contributed by atoms with Crippen molar-refractivity contribution in [3.05, 3.63) is 23.4 Å². The molecule has 2 aromatic heterocycles. The number of carbonyl (C=O) groups excluding carboxylic acids is 1. The predicted octanol–water partition coefficient (Wildman–Crippen LogP) is 1.06. The average molecular weight is 335 g/mol. The van der Waals surface area contributed by atoms with Crippen molar-refractivity contribution in [3.8, 4) is 0 Å². The zero-order chi connectivity index (χ0) is 14.5. The molecule has 0 saturated carbocycles. The highest BCUT2D eigenvalue weighted by Gasteiger charge is 2.39. The summed E-state index contributed by atoms with van der Waals surface area (Å²) in [6.07, 6.45) is 1.38. The lowest BCUT2D eigenvalue weighted by atomic mass is 10.4. The molecule has 1 atom stereocenters. The topological polar surface area (TPSA) is 84.6 Å². The van der Waals surface area contributed by atoms with Crippen LogP contribution in [-0.2, 0) is 13.8 Å². The van der Waals surface area contributed by atoms with Crippen molar-refractivity contribution in [2.24, 2.45) is 0 Å². The summed E-state index contributed by atoms with van der Waals surface area (Å²) in [6, 6.07) is 3.29. The number of nitrogens with zero attached hydrogens (tertiary/aromatic N) is 4. The van der Waals surface area contributed by atoms with Crippen LogP contribution in [0.4, 0.5) is 5.95 Å². The molecule has 0 spiro atoms. The van der Waals surface area contributed by atoms with Crippen molar-refractivity contribution in [3.63, 3.8) is 0 Å². The number of rotatable bonds is 2. The maximum absolute atomic E-state index is 11.9. The van der Waals surface area contributed by atoms with Crippen LogP contribution in [0.1, 0.15) is 6.42 Å². The summed E-state index contributed by atoms with van der Waals surface area (Å²) < 4.78 is 24.0. The molecule has 1 fully saturated rings. The van der Waals surface area contributed by atoms with Crippen LogP contribution in [0, 0.1) is 0 Å². The summed E-state index contributed by atoms with van der Waals surface area (Å²) in [7, 11) is 1.50. The van der Waals surface area contributed by atoms with Crippen LogP contribution in [0.25, 0.3) is 5.65 Å². The Kier molecular flexibility index (Phi) is 3.11. The molecule has 1 saturated heterocycles. The van der Waals surface area contributed by atoms with Crippen LogP contribution in [0.5, 0.6) is 0 Å². The first-order chi connectivity index (χ1) is 9.34. The maximum Gasteiger partial charge on any atom is 0.252 e. The van der Waals surface area contributed by atoms with Gasteiger partial charge in [0.1, 0.15) is 5.25 Å². The van der Waals surface area contributed by atoms with E-state index in [1.165, 1.54) is 9.42 Å². The van der Waals surface area contributed by atoms with Crippen LogP contribution < -0.4 is 4.90 Å². The summed E-state index contributed by atoms with van der Waals surface area (Å²) in [6.45, 7) is -0.0463. The zero-order valence-electron chi connectivity index (χ0n) is 9.90. The second-order valence-corrected chi connectivity index (χ2v) is 7.71. The molecule has 1 aliphatic heterocycles. The lowest BCUT2D eigenvalue weighted by Crippen LogP contribution is -2.27. The van der Waals surface area contributed by atoms with E-state index in [-0.39, 0.29) is 24.8 Å². The van der Waals surface area contributed by atoms with Crippen molar-refractivity contribution < 1.29 is 13.2 Å². The monoisotopic (exact) mass is 334 g/mol. The Morgan fingerprint density at radius 3 is 2.75 bits per heavy atom. The minimum absolute atomic E-state index is 0.0463. The lowest BCUT2D eigenvalue weighted by molar-refractivity contribution is -0.117. The van der Waals surface area contributed by atoms with E-state index >= 15 is 0 Å². The molecule has 20 heavy (non-hydrogen) atoms. The first kappa shape index (κ1) is 13.6. The molecular formula is C10H8Cl2N4O3S. The van der Waals surface area contributed by atoms with Gasteiger partial charge in [0.2, 0.25) is 15.0 Å². The Hall–Kier alpha value is -1.38. The van der Waals surface area contributed by atoms with Gasteiger partial charge in [-0.3, -0.25) is 9.69 Å². The summed E-state index contributed by atoms with van der Waals surface area (Å²) >= 11 is 5.83. The van der Waals surface area contributed by atoms with Crippen molar-refractivity contribution in [1.82, 2.24) is 14.6 Å². The van der Waals surface area contributed by atoms with Crippen LogP contribution in [-0.4, -0.2) is 40.7 Å². The molecule has 106 valence electrons. The van der Waals surface area contributed by atoms with E-state index in [9.17, 15) is 13.2 Å². The second kappa shape index (κ2) is 4.57. The lowest BCUT2D eigenvalue weighted by Gasteiger charge is -2.10. The van der Waals surface area contributed by atoms with Crippen molar-refractivity contribution in [2.75, 3.05) is 11.4 Å². The Morgan fingerprint density at radius 1 is 1.35 bits per heavy atom. The fourth-order valence-electron chi connectivity index (χ4n) is 2.02. The summed E-state index contributed by atoms with van der Waals surface area (Å²) in [5, 5.41) is 3.65. The van der Waals surface area contributed by atoms with E-state index in [1.54, 1.807) is 18.3 Å². The van der Waals surface area contributed by atoms with E-state index in [4.69, 9.17) is 22.3 Å². The van der Waals surface area contributed by atoms with Crippen molar-refractivity contribution in [1.29, 1.82) is 0 Å². The van der Waals surface area contributed by atoms with Gasteiger partial charge in [-0.2, -0.15) is 4.98 Å². The Bertz CT molecular complexity index is 804. The molecule has 0 bridgehead atoms. The van der Waals surface area contributed by atoms with Crippen molar-refractivity contribution >= 4 is 48.8 Å². The molecule has 1 unspecified atom stereocenters. The Morgan fingerprint density at radius 2 is 2.10 bits per heavy atom. The molecule has 0 aliphatic carbocycles. The third-order valence-corrected chi connectivity index (χ3v) is 5.10. The molecule has 7 nitrogen and oxygen atoms in total. The van der Waals surface area contributed by atoms with E-state index in [0.717, 1.165) is 0 Å². The van der Waals surface area contributed by atoms with E-state index in [2.05, 4.69) is 10.1 Å². The molecule has 0 aromatic carbocycles. The van der Waals surface area contributed by atoms with Gasteiger partial charge in [-0.15, -0.1) is 5.10 Å². The largest absolute Gasteiger partial charge is 0.278 e. The number of pyridine rings is 1. The number of amides is 1. The van der Waals surface area contributed by atoms with Crippen molar-refractivity contribution in [2.45, 2.75) is 11.7 Å². The number of fused-ring (bicyclic) bond motifs is 1. The minimum atomic E-state index is -3.79. The second-order valence-electron chi connectivity index (χ2n) is 4.37. The summed E-state index contributed by atoms with van der Waals surface area (Å²) in [4.78, 5) is 17.2. The molecule has 2 aromatic rings. The molecule has 3 rings (SSSR count). The van der Waals surface area contributed by atoms with Gasteiger partial charge in [0.15, 0.2) is 5.65 Å². The SMILES string of the molecule is O=C1CC(S(=O)(=O)Cl)CN1c1nc2ccc(Cl)cn2n1. The van der Waals surface area contributed by atoms with Gasteiger partial charge >= 0.3 is 0 Å². The van der Waals surface area contributed by atoms with Gasteiger partial charge in [0.05, 0.1) is 5.02 Å². The molecular weight excluding hydrogens is 327 g/mol. The highest BCUT2D eigenvalue weighted by Crippen LogP contribution is 2.25. The molecule has 0 N–H and O–H groups in total. The van der Waals surface area contributed by atoms with Crippen LogP contribution in [0.3, 0.4) is 0 Å². The van der Waals surface area contributed by atoms with Gasteiger partial charge in [-0.1, -0.05) is 11.6 Å². The Labute approximate surface area is 123 Å². The highest BCUT2D eigenvalue weighted by molar-refractivity contribution is 8.14. The molecule has 10 heteroatoms. The van der Waals surface area contributed by atoms with Gasteiger partial charge in [-0.25, -0.2) is 12.9 Å². The van der Waals surface area contributed by atoms with E-state index in [1.807, 2.05) is 0 Å².